The molecule has 0 N–H and O–H groups in total. The maximum absolute atomic E-state index is 13.2. The molecule has 1 aromatic carbocycles. The number of Topliss-reactive ketones (excluding diaryl/α,β-unsaturated/α-hetero) is 1. The molecule has 0 amide bonds. The summed E-state index contributed by atoms with van der Waals surface area (Å²) in [5.41, 5.74) is 2.81. The number of hydrogen-bond donors (Lipinski definition) is 0. The highest BCUT2D eigenvalue weighted by Crippen LogP contribution is 2.18. The molecule has 4 aromatic rings. The predicted octanol–water partition coefficient (Wildman–Crippen LogP) is 3.88. The Balaban J connectivity index is 1.35. The van der Waals surface area contributed by atoms with E-state index >= 15 is 0 Å². The average Bonchev–Trinajstić information content (AvgIpc) is 3.39. The fourth-order valence-corrected chi connectivity index (χ4v) is 4.38. The van der Waals surface area contributed by atoms with E-state index in [9.17, 15) is 18.8 Å². The summed E-state index contributed by atoms with van der Waals surface area (Å²) < 4.78 is 21.6. The highest BCUT2D eigenvalue weighted by molar-refractivity contribution is 7.16. The number of thiophene rings is 1. The minimum atomic E-state index is -0.569. The van der Waals surface area contributed by atoms with Crippen LogP contribution >= 0.6 is 11.3 Å². The molecule has 0 spiro atoms. The highest BCUT2D eigenvalue weighted by Gasteiger charge is 2.18. The number of aromatic nitrogens is 3. The zero-order valence-corrected chi connectivity index (χ0v) is 19.0. The number of hydrogen-bond acceptors (Lipinski definition) is 6. The number of nitrogens with zero attached hydrogens (tertiary/aromatic N) is 3. The normalized spacial score (nSPS) is 11.1. The van der Waals surface area contributed by atoms with Crippen LogP contribution in [0.25, 0.3) is 10.2 Å². The van der Waals surface area contributed by atoms with Gasteiger partial charge in [-0.15, -0.1) is 11.3 Å². The Hall–Kier alpha value is -3.59. The summed E-state index contributed by atoms with van der Waals surface area (Å²) in [6.07, 6.45) is 1.36. The molecule has 0 unspecified atom stereocenters. The number of ketones is 1. The molecular formula is C24H22FN3O4S. The van der Waals surface area contributed by atoms with Crippen molar-refractivity contribution in [3.8, 4) is 0 Å². The summed E-state index contributed by atoms with van der Waals surface area (Å²) in [5, 5.41) is 2.31. The van der Waals surface area contributed by atoms with E-state index in [1.807, 2.05) is 18.4 Å². The summed E-state index contributed by atoms with van der Waals surface area (Å²) in [7, 11) is 0. The fraction of sp³-hybridized carbons (Fsp3) is 0.250. The molecule has 7 nitrogen and oxygen atoms in total. The van der Waals surface area contributed by atoms with Crippen LogP contribution in [0.3, 0.4) is 0 Å². The van der Waals surface area contributed by atoms with Gasteiger partial charge in [-0.1, -0.05) is 12.1 Å². The molecule has 0 aliphatic rings. The molecule has 0 saturated carbocycles. The third kappa shape index (κ3) is 4.93. The molecular weight excluding hydrogens is 445 g/mol. The largest absolute Gasteiger partial charge is 0.457 e. The zero-order valence-electron chi connectivity index (χ0n) is 18.2. The van der Waals surface area contributed by atoms with Crippen molar-refractivity contribution in [1.82, 2.24) is 14.1 Å². The topological polar surface area (TPSA) is 83.2 Å². The van der Waals surface area contributed by atoms with E-state index in [0.29, 0.717) is 22.3 Å². The lowest BCUT2D eigenvalue weighted by Gasteiger charge is -2.10. The highest BCUT2D eigenvalue weighted by atomic mass is 32.1. The maximum Gasteiger partial charge on any atom is 0.308 e. The first kappa shape index (κ1) is 22.6. The molecule has 0 radical (unpaired) electrons. The smallest absolute Gasteiger partial charge is 0.308 e. The van der Waals surface area contributed by atoms with Gasteiger partial charge in [-0.05, 0) is 49.1 Å². The number of carbonyl (C=O) groups excluding carboxylic acids is 2. The standard InChI is InChI=1S/C24H22FN3O4S/c1-15-11-20(16(2)28(15)12-17-3-5-18(25)6-4-17)21(29)13-32-22(30)7-9-27-14-26-23-19(24(27)31)8-10-33-23/h3-6,8,10-11,14H,7,9,12-13H2,1-2H3. The predicted molar refractivity (Wildman–Crippen MR) is 123 cm³/mol. The first-order valence-electron chi connectivity index (χ1n) is 10.4. The monoisotopic (exact) mass is 467 g/mol. The van der Waals surface area contributed by atoms with Crippen LogP contribution in [-0.4, -0.2) is 32.5 Å². The van der Waals surface area contributed by atoms with Crippen molar-refractivity contribution in [2.45, 2.75) is 33.4 Å². The van der Waals surface area contributed by atoms with Crippen molar-refractivity contribution >= 4 is 33.3 Å². The van der Waals surface area contributed by atoms with Gasteiger partial charge >= 0.3 is 5.97 Å². The van der Waals surface area contributed by atoms with Crippen LogP contribution in [0.1, 0.15) is 33.7 Å². The van der Waals surface area contributed by atoms with E-state index in [2.05, 4.69) is 4.98 Å². The van der Waals surface area contributed by atoms with Crippen LogP contribution in [0.5, 0.6) is 0 Å². The molecule has 4 rings (SSSR count). The van der Waals surface area contributed by atoms with Gasteiger partial charge in [-0.3, -0.25) is 19.0 Å². The lowest BCUT2D eigenvalue weighted by Crippen LogP contribution is -2.22. The van der Waals surface area contributed by atoms with Gasteiger partial charge in [0.15, 0.2) is 6.61 Å². The molecule has 3 aromatic heterocycles. The van der Waals surface area contributed by atoms with E-state index < -0.39 is 5.97 Å². The molecule has 170 valence electrons. The van der Waals surface area contributed by atoms with Gasteiger partial charge in [0.05, 0.1) is 18.1 Å². The zero-order chi connectivity index (χ0) is 23.5. The number of aryl methyl sites for hydroxylation is 2. The van der Waals surface area contributed by atoms with Crippen LogP contribution < -0.4 is 5.56 Å². The van der Waals surface area contributed by atoms with Crippen LogP contribution in [0.2, 0.25) is 0 Å². The molecule has 0 aliphatic carbocycles. The van der Waals surface area contributed by atoms with Crippen molar-refractivity contribution in [3.63, 3.8) is 0 Å². The second kappa shape index (κ2) is 9.50. The van der Waals surface area contributed by atoms with E-state index in [4.69, 9.17) is 4.74 Å². The number of benzene rings is 1. The fourth-order valence-electron chi connectivity index (χ4n) is 3.66. The van der Waals surface area contributed by atoms with Gasteiger partial charge in [0.1, 0.15) is 10.6 Å². The first-order valence-corrected chi connectivity index (χ1v) is 11.2. The van der Waals surface area contributed by atoms with Gasteiger partial charge in [-0.2, -0.15) is 0 Å². The third-order valence-corrected chi connectivity index (χ3v) is 6.32. The van der Waals surface area contributed by atoms with Crippen LogP contribution in [-0.2, 0) is 22.6 Å². The SMILES string of the molecule is Cc1cc(C(=O)COC(=O)CCn2cnc3sccc3c2=O)c(C)n1Cc1ccc(F)cc1. The van der Waals surface area contributed by atoms with Gasteiger partial charge in [-0.25, -0.2) is 9.37 Å². The van der Waals surface area contributed by atoms with Gasteiger partial charge in [0.2, 0.25) is 5.78 Å². The molecule has 0 fully saturated rings. The summed E-state index contributed by atoms with van der Waals surface area (Å²) in [5.74, 6) is -1.17. The third-order valence-electron chi connectivity index (χ3n) is 5.50. The van der Waals surface area contributed by atoms with Crippen molar-refractivity contribution < 1.29 is 18.7 Å². The van der Waals surface area contributed by atoms with Crippen LogP contribution in [0.15, 0.2) is 52.9 Å². The Bertz CT molecular complexity index is 1390. The Kier molecular flexibility index (Phi) is 6.50. The quantitative estimate of drug-likeness (QED) is 0.290. The molecule has 0 atom stereocenters. The minimum absolute atomic E-state index is 0.0475. The van der Waals surface area contributed by atoms with Crippen molar-refractivity contribution in [1.29, 1.82) is 0 Å². The maximum atomic E-state index is 13.2. The number of carbonyl (C=O) groups is 2. The summed E-state index contributed by atoms with van der Waals surface area (Å²) in [6.45, 7) is 3.95. The van der Waals surface area contributed by atoms with Crippen LogP contribution in [0.4, 0.5) is 4.39 Å². The lowest BCUT2D eigenvalue weighted by molar-refractivity contribution is -0.142. The van der Waals surface area contributed by atoms with E-state index in [1.54, 1.807) is 29.6 Å². The molecule has 0 aliphatic heterocycles. The molecule has 9 heteroatoms. The van der Waals surface area contributed by atoms with Gasteiger partial charge in [0, 0.05) is 30.0 Å². The van der Waals surface area contributed by atoms with E-state index in [0.717, 1.165) is 17.0 Å². The van der Waals surface area contributed by atoms with E-state index in [-0.39, 0.29) is 36.7 Å². The summed E-state index contributed by atoms with van der Waals surface area (Å²) in [6, 6.07) is 9.67. The van der Waals surface area contributed by atoms with Gasteiger partial charge in [0.25, 0.3) is 5.56 Å². The average molecular weight is 468 g/mol. The summed E-state index contributed by atoms with van der Waals surface area (Å²) in [4.78, 5) is 42.1. The second-order valence-corrected chi connectivity index (χ2v) is 8.61. The Morgan fingerprint density at radius 2 is 1.91 bits per heavy atom. The van der Waals surface area contributed by atoms with Gasteiger partial charge < -0.3 is 9.30 Å². The lowest BCUT2D eigenvalue weighted by atomic mass is 10.1. The Labute approximate surface area is 193 Å². The Morgan fingerprint density at radius 3 is 2.67 bits per heavy atom. The second-order valence-electron chi connectivity index (χ2n) is 7.71. The van der Waals surface area contributed by atoms with Crippen LogP contribution in [0, 0.1) is 19.7 Å². The number of halogens is 1. The van der Waals surface area contributed by atoms with Crippen molar-refractivity contribution in [3.05, 3.63) is 86.8 Å². The van der Waals surface area contributed by atoms with Crippen molar-refractivity contribution in [2.75, 3.05) is 6.61 Å². The number of esters is 1. The summed E-state index contributed by atoms with van der Waals surface area (Å²) >= 11 is 1.38. The first-order chi connectivity index (χ1) is 15.8. The van der Waals surface area contributed by atoms with E-state index in [1.165, 1.54) is 34.4 Å². The molecule has 0 bridgehead atoms. The number of rotatable bonds is 8. The number of fused-ring (bicyclic) bond motifs is 1. The number of ether oxygens (including phenoxy) is 1. The molecule has 0 saturated heterocycles. The Morgan fingerprint density at radius 1 is 1.15 bits per heavy atom. The minimum Gasteiger partial charge on any atom is -0.457 e. The molecule has 33 heavy (non-hydrogen) atoms. The molecule has 3 heterocycles. The van der Waals surface area contributed by atoms with Crippen molar-refractivity contribution in [2.24, 2.45) is 0 Å².